The Kier molecular flexibility index (Phi) is 4.42. The first kappa shape index (κ1) is 17.0. The fraction of sp³-hybridized carbons (Fsp3) is 0.150. The van der Waals surface area contributed by atoms with E-state index in [1.807, 2.05) is 35.7 Å². The zero-order chi connectivity index (χ0) is 18.8. The number of carbonyl (C=O) groups is 1. The van der Waals surface area contributed by atoms with Crippen molar-refractivity contribution < 1.29 is 9.18 Å². The van der Waals surface area contributed by atoms with E-state index in [0.717, 1.165) is 16.9 Å². The molecule has 4 aromatic rings. The van der Waals surface area contributed by atoms with Gasteiger partial charge in [-0.3, -0.25) is 9.89 Å². The summed E-state index contributed by atoms with van der Waals surface area (Å²) in [6.45, 7) is 2.91. The van der Waals surface area contributed by atoms with Crippen molar-refractivity contribution in [1.82, 2.24) is 24.5 Å². The van der Waals surface area contributed by atoms with Crippen LogP contribution in [0.1, 0.15) is 23.1 Å². The lowest BCUT2D eigenvalue weighted by Gasteiger charge is -2.19. The lowest BCUT2D eigenvalue weighted by Crippen LogP contribution is -2.31. The molecule has 0 unspecified atom stereocenters. The highest BCUT2D eigenvalue weighted by Crippen LogP contribution is 2.19. The summed E-state index contributed by atoms with van der Waals surface area (Å²) in [5.74, 6) is -0.458. The number of H-pyrrole nitrogens is 1. The normalized spacial score (nSPS) is 11.0. The molecule has 0 saturated carbocycles. The van der Waals surface area contributed by atoms with Gasteiger partial charge in [-0.25, -0.2) is 9.37 Å². The summed E-state index contributed by atoms with van der Waals surface area (Å²) in [6.07, 6.45) is 3.71. The second-order valence-electron chi connectivity index (χ2n) is 6.17. The molecule has 0 radical (unpaired) electrons. The molecule has 0 bridgehead atoms. The number of imidazole rings is 1. The summed E-state index contributed by atoms with van der Waals surface area (Å²) in [4.78, 5) is 19.0. The van der Waals surface area contributed by atoms with Crippen LogP contribution in [0.5, 0.6) is 0 Å². The van der Waals surface area contributed by atoms with E-state index >= 15 is 0 Å². The van der Waals surface area contributed by atoms with Gasteiger partial charge in [-0.2, -0.15) is 5.10 Å². The molecule has 1 aromatic carbocycles. The number of nitrogens with one attached hydrogen (secondary N) is 1. The Hall–Kier alpha value is -3.48. The van der Waals surface area contributed by atoms with Crippen molar-refractivity contribution in [1.29, 1.82) is 0 Å². The summed E-state index contributed by atoms with van der Waals surface area (Å²) in [5, 5.41) is 6.98. The highest BCUT2D eigenvalue weighted by atomic mass is 19.1. The molecule has 0 saturated heterocycles. The van der Waals surface area contributed by atoms with Gasteiger partial charge in [0.1, 0.15) is 17.2 Å². The topological polar surface area (TPSA) is 66.3 Å². The number of nitrogens with zero attached hydrogens (tertiary/aromatic N) is 4. The maximum Gasteiger partial charge on any atom is 0.272 e. The molecule has 1 amide bonds. The molecule has 0 spiro atoms. The largest absolute Gasteiger partial charge is 0.332 e. The molecule has 27 heavy (non-hydrogen) atoms. The Labute approximate surface area is 155 Å². The van der Waals surface area contributed by atoms with Crippen LogP contribution in [-0.2, 0) is 6.54 Å². The molecule has 136 valence electrons. The second kappa shape index (κ2) is 7.03. The van der Waals surface area contributed by atoms with E-state index in [0.29, 0.717) is 24.5 Å². The van der Waals surface area contributed by atoms with Gasteiger partial charge in [0.25, 0.3) is 5.91 Å². The van der Waals surface area contributed by atoms with Crippen molar-refractivity contribution in [3.05, 3.63) is 78.1 Å². The van der Waals surface area contributed by atoms with Gasteiger partial charge in [0, 0.05) is 18.3 Å². The van der Waals surface area contributed by atoms with Crippen molar-refractivity contribution in [3.8, 4) is 11.3 Å². The minimum atomic E-state index is -0.309. The lowest BCUT2D eigenvalue weighted by atomic mass is 10.1. The highest BCUT2D eigenvalue weighted by molar-refractivity contribution is 5.93. The maximum absolute atomic E-state index is 13.1. The zero-order valence-electron chi connectivity index (χ0n) is 14.8. The molecule has 0 fully saturated rings. The molecule has 0 aliphatic rings. The van der Waals surface area contributed by atoms with Crippen molar-refractivity contribution >= 4 is 11.6 Å². The van der Waals surface area contributed by atoms with E-state index in [4.69, 9.17) is 0 Å². The van der Waals surface area contributed by atoms with Gasteiger partial charge in [0.15, 0.2) is 0 Å². The van der Waals surface area contributed by atoms with Crippen molar-refractivity contribution in [3.63, 3.8) is 0 Å². The van der Waals surface area contributed by atoms with E-state index < -0.39 is 0 Å². The van der Waals surface area contributed by atoms with Gasteiger partial charge >= 0.3 is 0 Å². The minimum absolute atomic E-state index is 0.149. The fourth-order valence-corrected chi connectivity index (χ4v) is 2.99. The van der Waals surface area contributed by atoms with Gasteiger partial charge in [-0.05, 0) is 49.4 Å². The second-order valence-corrected chi connectivity index (χ2v) is 6.17. The Balaban J connectivity index is 1.56. The predicted octanol–water partition coefficient (Wildman–Crippen LogP) is 3.53. The molecule has 0 aliphatic carbocycles. The van der Waals surface area contributed by atoms with Gasteiger partial charge in [0.05, 0.1) is 24.1 Å². The average Bonchev–Trinajstić information content (AvgIpc) is 3.34. The first-order valence-corrected chi connectivity index (χ1v) is 8.67. The summed E-state index contributed by atoms with van der Waals surface area (Å²) in [6, 6.07) is 13.5. The van der Waals surface area contributed by atoms with Crippen LogP contribution < -0.4 is 0 Å². The van der Waals surface area contributed by atoms with Crippen molar-refractivity contribution in [2.24, 2.45) is 0 Å². The van der Waals surface area contributed by atoms with E-state index in [2.05, 4.69) is 15.2 Å². The van der Waals surface area contributed by atoms with E-state index in [1.165, 1.54) is 12.1 Å². The van der Waals surface area contributed by atoms with E-state index in [-0.39, 0.29) is 11.7 Å². The highest BCUT2D eigenvalue weighted by Gasteiger charge is 2.19. The van der Waals surface area contributed by atoms with Crippen molar-refractivity contribution in [2.45, 2.75) is 13.5 Å². The number of aromatic amines is 1. The standard InChI is InChI=1S/C20H18FN5O/c1-2-25(13-16-12-22-19-5-3-4-10-26(16)19)20(27)18-11-17(23-24-18)14-6-8-15(21)9-7-14/h3-12H,2,13H2,1H3,(H,23,24). The van der Waals surface area contributed by atoms with Crippen LogP contribution in [0.4, 0.5) is 4.39 Å². The zero-order valence-corrected chi connectivity index (χ0v) is 14.8. The molecule has 3 aromatic heterocycles. The number of rotatable bonds is 5. The van der Waals surface area contributed by atoms with E-state index in [9.17, 15) is 9.18 Å². The Bertz CT molecular complexity index is 1080. The number of aromatic nitrogens is 4. The molecule has 0 aliphatic heterocycles. The number of benzene rings is 1. The Morgan fingerprint density at radius 2 is 2.04 bits per heavy atom. The molecule has 4 rings (SSSR count). The third-order valence-electron chi connectivity index (χ3n) is 4.46. The molecule has 0 atom stereocenters. The van der Waals surface area contributed by atoms with Crippen LogP contribution in [0.15, 0.2) is 60.9 Å². The number of carbonyl (C=O) groups excluding carboxylic acids is 1. The number of hydrogen-bond donors (Lipinski definition) is 1. The number of hydrogen-bond acceptors (Lipinski definition) is 3. The van der Waals surface area contributed by atoms with Crippen LogP contribution in [0, 0.1) is 5.82 Å². The number of pyridine rings is 1. The molecule has 6 nitrogen and oxygen atoms in total. The molecule has 7 heteroatoms. The first-order valence-electron chi connectivity index (χ1n) is 8.67. The Morgan fingerprint density at radius 1 is 1.22 bits per heavy atom. The average molecular weight is 363 g/mol. The fourth-order valence-electron chi connectivity index (χ4n) is 2.99. The first-order chi connectivity index (χ1) is 13.2. The third-order valence-corrected chi connectivity index (χ3v) is 4.46. The Morgan fingerprint density at radius 3 is 2.81 bits per heavy atom. The monoisotopic (exact) mass is 363 g/mol. The maximum atomic E-state index is 13.1. The molecular formula is C20H18FN5O. The minimum Gasteiger partial charge on any atom is -0.332 e. The molecule has 1 N–H and O–H groups in total. The quantitative estimate of drug-likeness (QED) is 0.590. The third kappa shape index (κ3) is 3.31. The van der Waals surface area contributed by atoms with Gasteiger partial charge in [-0.15, -0.1) is 0 Å². The van der Waals surface area contributed by atoms with Crippen LogP contribution in [0.3, 0.4) is 0 Å². The van der Waals surface area contributed by atoms with Gasteiger partial charge in [0.2, 0.25) is 0 Å². The van der Waals surface area contributed by atoms with Gasteiger partial charge in [-0.1, -0.05) is 6.07 Å². The van der Waals surface area contributed by atoms with Crippen LogP contribution in [0.2, 0.25) is 0 Å². The van der Waals surface area contributed by atoms with Gasteiger partial charge < -0.3 is 9.30 Å². The number of halogens is 1. The number of amides is 1. The number of fused-ring (bicyclic) bond motifs is 1. The molecular weight excluding hydrogens is 345 g/mol. The predicted molar refractivity (Wildman–Crippen MR) is 99.6 cm³/mol. The van der Waals surface area contributed by atoms with Crippen molar-refractivity contribution in [2.75, 3.05) is 6.54 Å². The summed E-state index contributed by atoms with van der Waals surface area (Å²) in [5.41, 5.74) is 3.51. The van der Waals surface area contributed by atoms with Crippen LogP contribution in [0.25, 0.3) is 16.9 Å². The summed E-state index contributed by atoms with van der Waals surface area (Å²) < 4.78 is 15.0. The lowest BCUT2D eigenvalue weighted by molar-refractivity contribution is 0.0744. The molecule has 3 heterocycles. The van der Waals surface area contributed by atoms with Crippen LogP contribution in [-0.4, -0.2) is 36.9 Å². The summed E-state index contributed by atoms with van der Waals surface area (Å²) in [7, 11) is 0. The smallest absolute Gasteiger partial charge is 0.272 e. The SMILES string of the molecule is CCN(Cc1cnc2ccccn12)C(=O)c1cc(-c2ccc(F)cc2)n[nH]1. The van der Waals surface area contributed by atoms with Crippen LogP contribution >= 0.6 is 0 Å². The van der Waals surface area contributed by atoms with E-state index in [1.54, 1.807) is 29.3 Å². The summed E-state index contributed by atoms with van der Waals surface area (Å²) >= 11 is 0.